The van der Waals surface area contributed by atoms with Gasteiger partial charge in [-0.2, -0.15) is 0 Å². The van der Waals surface area contributed by atoms with Crippen LogP contribution in [0.2, 0.25) is 5.02 Å². The van der Waals surface area contributed by atoms with Gasteiger partial charge in [0, 0.05) is 0 Å². The van der Waals surface area contributed by atoms with Gasteiger partial charge in [-0.1, -0.05) is 11.6 Å². The molecular formula is C5H4ClFN2. The molecule has 0 spiro atoms. The first kappa shape index (κ1) is 6.29. The summed E-state index contributed by atoms with van der Waals surface area (Å²) >= 11 is 5.34. The van der Waals surface area contributed by atoms with E-state index in [1.807, 2.05) is 0 Å². The largest absolute Gasteiger partial charge is 0.396 e. The number of aromatic nitrogens is 1. The lowest BCUT2D eigenvalue weighted by atomic mass is 10.4. The van der Waals surface area contributed by atoms with E-state index in [2.05, 4.69) is 4.98 Å². The zero-order valence-electron chi connectivity index (χ0n) is 4.44. The van der Waals surface area contributed by atoms with Gasteiger partial charge in [0.1, 0.15) is 5.02 Å². The lowest BCUT2D eigenvalue weighted by Gasteiger charge is -1.94. The number of nitrogens with two attached hydrogens (primary N) is 1. The van der Waals surface area contributed by atoms with Crippen molar-refractivity contribution >= 4 is 17.3 Å². The first-order valence-electron chi connectivity index (χ1n) is 2.26. The fourth-order valence-electron chi connectivity index (χ4n) is 0.434. The number of rotatable bonds is 0. The van der Waals surface area contributed by atoms with E-state index < -0.39 is 5.82 Å². The minimum absolute atomic E-state index is 0.0648. The fourth-order valence-corrected chi connectivity index (χ4v) is 0.532. The highest BCUT2D eigenvalue weighted by atomic mass is 35.5. The minimum atomic E-state index is -0.586. The third-order valence-corrected chi connectivity index (χ3v) is 1.26. The molecule has 0 fully saturated rings. The molecule has 9 heavy (non-hydrogen) atoms. The molecule has 0 aliphatic carbocycles. The van der Waals surface area contributed by atoms with Crippen LogP contribution in [-0.4, -0.2) is 4.98 Å². The number of nitrogen functional groups attached to an aromatic ring is 1. The van der Waals surface area contributed by atoms with Crippen molar-refractivity contribution in [3.63, 3.8) is 0 Å². The highest BCUT2D eigenvalue weighted by Gasteiger charge is 2.00. The summed E-state index contributed by atoms with van der Waals surface area (Å²) in [5.74, 6) is -0.586. The van der Waals surface area contributed by atoms with Crippen molar-refractivity contribution in [2.45, 2.75) is 0 Å². The zero-order valence-corrected chi connectivity index (χ0v) is 5.19. The van der Waals surface area contributed by atoms with E-state index in [-0.39, 0.29) is 10.7 Å². The summed E-state index contributed by atoms with van der Waals surface area (Å²) < 4.78 is 12.3. The normalized spacial score (nSPS) is 9.56. The molecule has 2 nitrogen and oxygen atoms in total. The molecule has 0 unspecified atom stereocenters. The van der Waals surface area contributed by atoms with Gasteiger partial charge < -0.3 is 5.73 Å². The Kier molecular flexibility index (Phi) is 1.53. The Morgan fingerprint density at radius 3 is 2.67 bits per heavy atom. The van der Waals surface area contributed by atoms with Crippen LogP contribution in [0.4, 0.5) is 10.1 Å². The van der Waals surface area contributed by atoms with Crippen LogP contribution in [0.5, 0.6) is 0 Å². The Bertz CT molecular complexity index is 206. The van der Waals surface area contributed by atoms with Crippen molar-refractivity contribution in [1.82, 2.24) is 4.98 Å². The van der Waals surface area contributed by atoms with E-state index in [9.17, 15) is 4.39 Å². The van der Waals surface area contributed by atoms with Gasteiger partial charge in [0.2, 0.25) is 0 Å². The van der Waals surface area contributed by atoms with Gasteiger partial charge in [-0.25, -0.2) is 4.39 Å². The predicted octanol–water partition coefficient (Wildman–Crippen LogP) is 1.46. The molecule has 1 heterocycles. The summed E-state index contributed by atoms with van der Waals surface area (Å²) in [6.07, 6.45) is 2.31. The summed E-state index contributed by atoms with van der Waals surface area (Å²) in [4.78, 5) is 3.46. The van der Waals surface area contributed by atoms with Crippen molar-refractivity contribution in [3.05, 3.63) is 23.2 Å². The molecule has 4 heteroatoms. The number of halogens is 2. The van der Waals surface area contributed by atoms with Crippen molar-refractivity contribution in [3.8, 4) is 0 Å². The van der Waals surface area contributed by atoms with Gasteiger partial charge in [-0.05, 0) is 0 Å². The quantitative estimate of drug-likeness (QED) is 0.602. The minimum Gasteiger partial charge on any atom is -0.396 e. The van der Waals surface area contributed by atoms with Gasteiger partial charge in [-0.15, -0.1) is 0 Å². The maximum atomic E-state index is 12.3. The third-order valence-electron chi connectivity index (χ3n) is 0.865. The topological polar surface area (TPSA) is 38.9 Å². The average Bonchev–Trinajstić information content (AvgIpc) is 1.83. The maximum absolute atomic E-state index is 12.3. The molecule has 0 bridgehead atoms. The zero-order chi connectivity index (χ0) is 6.85. The monoisotopic (exact) mass is 146 g/mol. The number of hydrogen-bond donors (Lipinski definition) is 1. The SMILES string of the molecule is Nc1cncc(F)c1Cl. The number of nitrogens with zero attached hydrogens (tertiary/aromatic N) is 1. The standard InChI is InChI=1S/C5H4ClFN2/c6-5-3(7)1-9-2-4(5)8/h1-2H,8H2. The first-order valence-corrected chi connectivity index (χ1v) is 2.64. The van der Waals surface area contributed by atoms with E-state index in [1.165, 1.54) is 6.20 Å². The Hall–Kier alpha value is -0.830. The molecule has 0 radical (unpaired) electrons. The fraction of sp³-hybridized carbons (Fsp3) is 0. The van der Waals surface area contributed by atoms with Gasteiger partial charge in [0.15, 0.2) is 5.82 Å². The summed E-state index contributed by atoms with van der Waals surface area (Å²) in [6, 6.07) is 0. The van der Waals surface area contributed by atoms with Crippen LogP contribution in [0.3, 0.4) is 0 Å². The van der Waals surface area contributed by atoms with Crippen molar-refractivity contribution in [2.24, 2.45) is 0 Å². The lowest BCUT2D eigenvalue weighted by Crippen LogP contribution is -1.89. The Morgan fingerprint density at radius 1 is 1.56 bits per heavy atom. The molecule has 0 aliphatic heterocycles. The molecule has 2 N–H and O–H groups in total. The van der Waals surface area contributed by atoms with Crippen LogP contribution in [0.25, 0.3) is 0 Å². The lowest BCUT2D eigenvalue weighted by molar-refractivity contribution is 0.622. The van der Waals surface area contributed by atoms with E-state index in [1.54, 1.807) is 0 Å². The molecular weight excluding hydrogens is 143 g/mol. The van der Waals surface area contributed by atoms with E-state index in [0.29, 0.717) is 0 Å². The van der Waals surface area contributed by atoms with Crippen LogP contribution < -0.4 is 5.73 Å². The second-order valence-corrected chi connectivity index (χ2v) is 1.90. The van der Waals surface area contributed by atoms with Gasteiger partial charge in [0.25, 0.3) is 0 Å². The van der Waals surface area contributed by atoms with E-state index >= 15 is 0 Å². The van der Waals surface area contributed by atoms with E-state index in [0.717, 1.165) is 6.20 Å². The molecule has 1 aromatic rings. The highest BCUT2D eigenvalue weighted by Crippen LogP contribution is 2.19. The molecule has 0 aliphatic rings. The maximum Gasteiger partial charge on any atom is 0.162 e. The van der Waals surface area contributed by atoms with Gasteiger partial charge >= 0.3 is 0 Å². The summed E-state index contributed by atoms with van der Waals surface area (Å²) in [6.45, 7) is 0. The third kappa shape index (κ3) is 1.10. The second-order valence-electron chi connectivity index (χ2n) is 1.52. The van der Waals surface area contributed by atoms with Gasteiger partial charge in [-0.3, -0.25) is 4.98 Å². The van der Waals surface area contributed by atoms with Crippen molar-refractivity contribution in [2.75, 3.05) is 5.73 Å². The second kappa shape index (κ2) is 2.19. The van der Waals surface area contributed by atoms with Crippen LogP contribution in [0.15, 0.2) is 12.4 Å². The Labute approximate surface area is 56.5 Å². The van der Waals surface area contributed by atoms with Crippen LogP contribution >= 0.6 is 11.6 Å². The Balaban J connectivity index is 3.25. The van der Waals surface area contributed by atoms with Gasteiger partial charge in [0.05, 0.1) is 18.1 Å². The smallest absolute Gasteiger partial charge is 0.162 e. The molecule has 1 rings (SSSR count). The number of hydrogen-bond acceptors (Lipinski definition) is 2. The van der Waals surface area contributed by atoms with Crippen molar-refractivity contribution in [1.29, 1.82) is 0 Å². The highest BCUT2D eigenvalue weighted by molar-refractivity contribution is 6.33. The van der Waals surface area contributed by atoms with Crippen LogP contribution in [0.1, 0.15) is 0 Å². The summed E-state index contributed by atoms with van der Waals surface area (Å²) in [7, 11) is 0. The molecule has 0 atom stereocenters. The summed E-state index contributed by atoms with van der Waals surface area (Å²) in [5.41, 5.74) is 5.35. The van der Waals surface area contributed by atoms with E-state index in [4.69, 9.17) is 17.3 Å². The average molecular weight is 147 g/mol. The Morgan fingerprint density at radius 2 is 2.22 bits per heavy atom. The van der Waals surface area contributed by atoms with Crippen LogP contribution in [0, 0.1) is 5.82 Å². The first-order chi connectivity index (χ1) is 4.22. The molecule has 0 saturated carbocycles. The summed E-state index contributed by atoms with van der Waals surface area (Å²) in [5, 5.41) is -0.0648. The molecule has 0 aromatic carbocycles. The number of anilines is 1. The number of pyridine rings is 1. The van der Waals surface area contributed by atoms with Crippen molar-refractivity contribution < 1.29 is 4.39 Å². The molecule has 1 aromatic heterocycles. The molecule has 0 amide bonds. The predicted molar refractivity (Wildman–Crippen MR) is 33.6 cm³/mol. The van der Waals surface area contributed by atoms with Crippen LogP contribution in [-0.2, 0) is 0 Å². The molecule has 48 valence electrons. The molecule has 0 saturated heterocycles.